The average molecular weight is 742 g/mol. The van der Waals surface area contributed by atoms with Crippen LogP contribution in [0.2, 0.25) is 0 Å². The van der Waals surface area contributed by atoms with Gasteiger partial charge >= 0.3 is 5.97 Å². The summed E-state index contributed by atoms with van der Waals surface area (Å²) in [5.41, 5.74) is 4.44. The number of hydrogen-bond acceptors (Lipinski definition) is 10. The van der Waals surface area contributed by atoms with Gasteiger partial charge in [-0.2, -0.15) is 0 Å². The molecule has 11 heteroatoms. The molecule has 2 saturated carbocycles. The number of ketones is 1. The SMILES string of the molecule is CC[C@H]1CCCC[C@@H](C)C(=O)C2=CC3[C@@H]([C@H](O)[C@@H](n4cc(-c5ccc(-c6ccccc6)cc5)nn4)[C@@H]4C[C@@H](OC(O)[C@H](COC)OC)C[C@@H]34)[C@@H]2CC(=O)O1. The predicted octanol–water partition coefficient (Wildman–Crippen LogP) is 6.20. The van der Waals surface area contributed by atoms with Crippen LogP contribution in [0.3, 0.4) is 0 Å². The normalized spacial score (nSPS) is 32.7. The van der Waals surface area contributed by atoms with Gasteiger partial charge in [0.05, 0.1) is 37.5 Å². The number of nitrogens with zero attached hydrogens (tertiary/aromatic N) is 3. The lowest BCUT2D eigenvalue weighted by atomic mass is 9.62. The summed E-state index contributed by atoms with van der Waals surface area (Å²) in [6.45, 7) is 4.19. The first-order valence-electron chi connectivity index (χ1n) is 19.8. The molecule has 1 aliphatic heterocycles. The highest BCUT2D eigenvalue weighted by molar-refractivity contribution is 5.98. The lowest BCUT2D eigenvalue weighted by Crippen LogP contribution is -2.49. The van der Waals surface area contributed by atoms with Crippen LogP contribution in [0.4, 0.5) is 0 Å². The highest BCUT2D eigenvalue weighted by Crippen LogP contribution is 2.59. The first-order chi connectivity index (χ1) is 26.2. The van der Waals surface area contributed by atoms with Gasteiger partial charge in [-0.05, 0) is 73.0 Å². The van der Waals surface area contributed by atoms with Crippen molar-refractivity contribution in [1.29, 1.82) is 0 Å². The number of methoxy groups -OCH3 is 2. The van der Waals surface area contributed by atoms with E-state index in [0.29, 0.717) is 24.1 Å². The molecule has 0 radical (unpaired) electrons. The van der Waals surface area contributed by atoms with Crippen molar-refractivity contribution in [3.63, 3.8) is 0 Å². The van der Waals surface area contributed by atoms with Gasteiger partial charge in [0.2, 0.25) is 0 Å². The van der Waals surface area contributed by atoms with Gasteiger partial charge in [-0.25, -0.2) is 4.68 Å². The van der Waals surface area contributed by atoms with Crippen molar-refractivity contribution in [2.45, 2.75) is 102 Å². The number of fused-ring (bicyclic) bond motifs is 5. The van der Waals surface area contributed by atoms with Gasteiger partial charge in [0.1, 0.15) is 17.9 Å². The fourth-order valence-electron chi connectivity index (χ4n) is 9.87. The second kappa shape index (κ2) is 17.0. The van der Waals surface area contributed by atoms with Crippen LogP contribution < -0.4 is 0 Å². The Kier molecular flexibility index (Phi) is 12.1. The lowest BCUT2D eigenvalue weighted by molar-refractivity contribution is -0.204. The quantitative estimate of drug-likeness (QED) is 0.182. The molecule has 2 unspecified atom stereocenters. The molecule has 0 amide bonds. The standard InChI is InChI=1S/C43H55N3O8/c1-5-29-14-10-9-11-25(2)41(48)35-21-32-31-19-30(54-43(50)37(52-4)24-51-3)20-34(31)40(42(49)39(32)33(35)22-38(47)53-29)46-23-36(44-45-46)28-17-15-27(16-18-28)26-12-7-6-8-13-26/h6-8,12-13,15-18,21,23,25,29-34,37,39-40,42-43,49-50H,5,9-11,14,19-20,22,24H2,1-4H3/t25-,29+,30+,31+,32?,33-,34-,37+,39-,40+,42+,43?/m1/s1. The van der Waals surface area contributed by atoms with Crippen molar-refractivity contribution in [2.75, 3.05) is 20.8 Å². The second-order valence-electron chi connectivity index (χ2n) is 15.8. The number of carbonyl (C=O) groups is 2. The number of ether oxygens (including phenoxy) is 4. The minimum atomic E-state index is -1.21. The number of aliphatic hydroxyl groups excluding tert-OH is 2. The topological polar surface area (TPSA) is 142 Å². The van der Waals surface area contributed by atoms with Gasteiger partial charge < -0.3 is 29.2 Å². The third-order valence-corrected chi connectivity index (χ3v) is 12.7. The Morgan fingerprint density at radius 3 is 2.39 bits per heavy atom. The Morgan fingerprint density at radius 1 is 0.963 bits per heavy atom. The van der Waals surface area contributed by atoms with Crippen molar-refractivity contribution < 1.29 is 38.7 Å². The molecule has 1 aromatic heterocycles. The molecular weight excluding hydrogens is 686 g/mol. The average Bonchev–Trinajstić information content (AvgIpc) is 3.93. The summed E-state index contributed by atoms with van der Waals surface area (Å²) >= 11 is 0. The Morgan fingerprint density at radius 2 is 1.67 bits per heavy atom. The Bertz CT molecular complexity index is 1760. The minimum Gasteiger partial charge on any atom is -0.462 e. The van der Waals surface area contributed by atoms with E-state index < -0.39 is 36.4 Å². The van der Waals surface area contributed by atoms with Crippen LogP contribution >= 0.6 is 0 Å². The highest BCUT2D eigenvalue weighted by atomic mass is 16.6. The van der Waals surface area contributed by atoms with Crippen molar-refractivity contribution >= 4 is 11.8 Å². The van der Waals surface area contributed by atoms with Crippen molar-refractivity contribution in [3.05, 3.63) is 72.4 Å². The zero-order valence-corrected chi connectivity index (χ0v) is 31.8. The molecule has 12 atom stereocenters. The largest absolute Gasteiger partial charge is 0.462 e. The number of rotatable bonds is 10. The summed E-state index contributed by atoms with van der Waals surface area (Å²) < 4.78 is 24.7. The predicted molar refractivity (Wildman–Crippen MR) is 202 cm³/mol. The van der Waals surface area contributed by atoms with E-state index in [0.717, 1.165) is 48.8 Å². The van der Waals surface area contributed by atoms with E-state index in [1.54, 1.807) is 11.8 Å². The van der Waals surface area contributed by atoms with Crippen molar-refractivity contribution in [1.82, 2.24) is 15.0 Å². The molecular formula is C43H55N3O8. The van der Waals surface area contributed by atoms with E-state index in [2.05, 4.69) is 40.7 Å². The Balaban J connectivity index is 1.23. The smallest absolute Gasteiger partial charge is 0.306 e. The maximum atomic E-state index is 14.2. The molecule has 3 aliphatic carbocycles. The number of carbonyl (C=O) groups excluding carboxylic acids is 2. The van der Waals surface area contributed by atoms with Crippen LogP contribution in [0.15, 0.2) is 72.4 Å². The zero-order valence-electron chi connectivity index (χ0n) is 31.8. The van der Waals surface area contributed by atoms with Crippen LogP contribution in [0.25, 0.3) is 22.4 Å². The molecule has 2 heterocycles. The van der Waals surface area contributed by atoms with Crippen LogP contribution in [-0.2, 0) is 28.5 Å². The molecule has 2 N–H and O–H groups in total. The monoisotopic (exact) mass is 741 g/mol. The maximum Gasteiger partial charge on any atom is 0.306 e. The number of Topliss-reactive ketones (excluding diaryl/α,β-unsaturated/α-hetero) is 1. The number of allylic oxidation sites excluding steroid dienone is 2. The Hall–Kier alpha value is -3.74. The van der Waals surface area contributed by atoms with E-state index >= 15 is 0 Å². The number of hydrogen-bond donors (Lipinski definition) is 2. The summed E-state index contributed by atoms with van der Waals surface area (Å²) in [6.07, 6.45) is 5.89. The number of aromatic nitrogens is 3. The maximum absolute atomic E-state index is 14.2. The second-order valence-corrected chi connectivity index (χ2v) is 15.8. The molecule has 7 rings (SSSR count). The molecule has 290 valence electrons. The molecule has 0 spiro atoms. The summed E-state index contributed by atoms with van der Waals surface area (Å²) in [4.78, 5) is 27.8. The molecule has 4 aliphatic rings. The number of aliphatic hydroxyl groups is 2. The van der Waals surface area contributed by atoms with Crippen LogP contribution in [-0.4, -0.2) is 88.5 Å². The van der Waals surface area contributed by atoms with Crippen LogP contribution in [0.1, 0.15) is 71.3 Å². The summed E-state index contributed by atoms with van der Waals surface area (Å²) in [7, 11) is 3.06. The molecule has 1 saturated heterocycles. The van der Waals surface area contributed by atoms with E-state index in [9.17, 15) is 19.8 Å². The van der Waals surface area contributed by atoms with E-state index in [4.69, 9.17) is 18.9 Å². The minimum absolute atomic E-state index is 0.0139. The summed E-state index contributed by atoms with van der Waals surface area (Å²) in [6, 6.07) is 17.9. The molecule has 3 fully saturated rings. The Labute approximate surface area is 318 Å². The third-order valence-electron chi connectivity index (χ3n) is 12.7. The van der Waals surface area contributed by atoms with Gasteiger partial charge in [0, 0.05) is 37.5 Å². The van der Waals surface area contributed by atoms with E-state index in [1.807, 2.05) is 50.4 Å². The molecule has 3 aromatic rings. The van der Waals surface area contributed by atoms with Gasteiger partial charge in [-0.3, -0.25) is 9.59 Å². The van der Waals surface area contributed by atoms with Crippen molar-refractivity contribution in [2.24, 2.45) is 35.5 Å². The molecule has 2 aromatic carbocycles. The molecule has 54 heavy (non-hydrogen) atoms. The molecule has 11 nitrogen and oxygen atoms in total. The van der Waals surface area contributed by atoms with Gasteiger partial charge in [0.15, 0.2) is 12.1 Å². The first kappa shape index (κ1) is 38.5. The summed E-state index contributed by atoms with van der Waals surface area (Å²) in [5, 5.41) is 32.8. The van der Waals surface area contributed by atoms with Gasteiger partial charge in [0.25, 0.3) is 0 Å². The number of esters is 1. The van der Waals surface area contributed by atoms with Crippen LogP contribution in [0, 0.1) is 35.5 Å². The third kappa shape index (κ3) is 7.84. The van der Waals surface area contributed by atoms with E-state index in [-0.39, 0.29) is 60.7 Å². The number of benzene rings is 2. The fourth-order valence-corrected chi connectivity index (χ4v) is 9.87. The van der Waals surface area contributed by atoms with Crippen molar-refractivity contribution in [3.8, 4) is 22.4 Å². The fraction of sp³-hybridized carbons (Fsp3) is 0.581. The lowest BCUT2D eigenvalue weighted by Gasteiger charge is -2.46. The van der Waals surface area contributed by atoms with Gasteiger partial charge in [-0.15, -0.1) is 5.10 Å². The zero-order chi connectivity index (χ0) is 37.9. The van der Waals surface area contributed by atoms with E-state index in [1.165, 1.54) is 7.11 Å². The van der Waals surface area contributed by atoms with Crippen LogP contribution in [0.5, 0.6) is 0 Å². The summed E-state index contributed by atoms with van der Waals surface area (Å²) in [5.74, 6) is -1.67. The highest BCUT2D eigenvalue weighted by Gasteiger charge is 2.59. The first-order valence-corrected chi connectivity index (χ1v) is 19.8. The number of cyclic esters (lactones) is 1. The van der Waals surface area contributed by atoms with Gasteiger partial charge in [-0.1, -0.05) is 86.2 Å². The molecule has 0 bridgehead atoms.